The smallest absolute Gasteiger partial charge is 0.184 e. The van der Waals surface area contributed by atoms with E-state index in [1.165, 1.54) is 19.3 Å². The summed E-state index contributed by atoms with van der Waals surface area (Å²) >= 11 is 0. The molecule has 0 aliphatic carbocycles. The molecule has 0 aromatic carbocycles. The lowest BCUT2D eigenvalue weighted by atomic mass is 9.96. The standard InChI is InChI=1S/C10H17NO2/c1-11-8-2-3-9(11)10(5-4-8)12-6-7-13-10/h8-9H,2-7H2,1H3/t8-,9+/m0/s1. The lowest BCUT2D eigenvalue weighted by Gasteiger charge is -2.43. The molecule has 74 valence electrons. The Morgan fingerprint density at radius 2 is 1.92 bits per heavy atom. The van der Waals surface area contributed by atoms with Crippen LogP contribution in [0.15, 0.2) is 0 Å². The third-order valence-electron chi connectivity index (χ3n) is 3.95. The zero-order chi connectivity index (χ0) is 8.89. The van der Waals surface area contributed by atoms with Gasteiger partial charge in [0.2, 0.25) is 0 Å². The molecule has 3 fully saturated rings. The van der Waals surface area contributed by atoms with E-state index in [4.69, 9.17) is 9.47 Å². The number of nitrogens with zero attached hydrogens (tertiary/aromatic N) is 1. The minimum atomic E-state index is -0.220. The summed E-state index contributed by atoms with van der Waals surface area (Å²) in [6, 6.07) is 1.32. The van der Waals surface area contributed by atoms with Gasteiger partial charge in [0.25, 0.3) is 0 Å². The Balaban J connectivity index is 1.89. The van der Waals surface area contributed by atoms with Gasteiger partial charge in [0.15, 0.2) is 5.79 Å². The third-order valence-corrected chi connectivity index (χ3v) is 3.95. The maximum atomic E-state index is 5.82. The van der Waals surface area contributed by atoms with Crippen LogP contribution < -0.4 is 0 Å². The molecule has 0 aromatic rings. The molecule has 3 rings (SSSR count). The number of hydrogen-bond donors (Lipinski definition) is 0. The monoisotopic (exact) mass is 183 g/mol. The summed E-state index contributed by atoms with van der Waals surface area (Å²) in [5.74, 6) is -0.220. The van der Waals surface area contributed by atoms with Gasteiger partial charge in [-0.1, -0.05) is 0 Å². The summed E-state index contributed by atoms with van der Waals surface area (Å²) in [6.07, 6.45) is 4.93. The van der Waals surface area contributed by atoms with Crippen molar-refractivity contribution in [3.8, 4) is 0 Å². The highest BCUT2D eigenvalue weighted by Gasteiger charge is 2.53. The van der Waals surface area contributed by atoms with Gasteiger partial charge < -0.3 is 9.47 Å². The lowest BCUT2D eigenvalue weighted by molar-refractivity contribution is -0.215. The van der Waals surface area contributed by atoms with Crippen LogP contribution in [0, 0.1) is 0 Å². The number of hydrogen-bond acceptors (Lipinski definition) is 3. The Hall–Kier alpha value is -0.120. The Morgan fingerprint density at radius 3 is 2.69 bits per heavy atom. The SMILES string of the molecule is CN1[C@H]2CC[C@@H]1C1(CC2)OCCO1. The first-order valence-electron chi connectivity index (χ1n) is 5.32. The lowest BCUT2D eigenvalue weighted by Crippen LogP contribution is -2.54. The fourth-order valence-corrected chi connectivity index (χ4v) is 3.23. The molecular weight excluding hydrogens is 166 g/mol. The second-order valence-electron chi connectivity index (χ2n) is 4.46. The summed E-state index contributed by atoms with van der Waals surface area (Å²) in [4.78, 5) is 2.47. The van der Waals surface area contributed by atoms with Gasteiger partial charge >= 0.3 is 0 Å². The van der Waals surface area contributed by atoms with Crippen molar-refractivity contribution in [1.82, 2.24) is 4.90 Å². The van der Waals surface area contributed by atoms with Gasteiger partial charge in [0.1, 0.15) is 0 Å². The molecule has 3 heteroatoms. The number of likely N-dealkylation sites (N-methyl/N-ethyl adjacent to an activating group) is 1. The number of piperidine rings is 1. The highest BCUT2D eigenvalue weighted by Crippen LogP contribution is 2.44. The molecule has 3 aliphatic heterocycles. The minimum Gasteiger partial charge on any atom is -0.346 e. The Morgan fingerprint density at radius 1 is 1.15 bits per heavy atom. The summed E-state index contributed by atoms with van der Waals surface area (Å²) in [6.45, 7) is 1.57. The molecule has 3 nitrogen and oxygen atoms in total. The van der Waals surface area contributed by atoms with E-state index < -0.39 is 0 Å². The predicted octanol–water partition coefficient (Wildman–Crippen LogP) is 0.986. The van der Waals surface area contributed by atoms with Gasteiger partial charge in [-0.3, -0.25) is 4.90 Å². The van der Waals surface area contributed by atoms with Crippen LogP contribution in [-0.4, -0.2) is 43.0 Å². The fourth-order valence-electron chi connectivity index (χ4n) is 3.23. The molecule has 2 bridgehead atoms. The van der Waals surface area contributed by atoms with Crippen LogP contribution in [0.3, 0.4) is 0 Å². The van der Waals surface area contributed by atoms with E-state index in [0.717, 1.165) is 25.7 Å². The van der Waals surface area contributed by atoms with Crippen LogP contribution in [0.5, 0.6) is 0 Å². The number of ether oxygens (including phenoxy) is 2. The molecule has 13 heavy (non-hydrogen) atoms. The van der Waals surface area contributed by atoms with E-state index >= 15 is 0 Å². The summed E-state index contributed by atoms with van der Waals surface area (Å²) in [5.41, 5.74) is 0. The summed E-state index contributed by atoms with van der Waals surface area (Å²) in [7, 11) is 2.22. The Bertz CT molecular complexity index is 213. The van der Waals surface area contributed by atoms with Crippen LogP contribution in [-0.2, 0) is 9.47 Å². The van der Waals surface area contributed by atoms with Crippen LogP contribution in [0.1, 0.15) is 25.7 Å². The minimum absolute atomic E-state index is 0.220. The van der Waals surface area contributed by atoms with E-state index in [0.29, 0.717) is 6.04 Å². The molecular formula is C10H17NO2. The van der Waals surface area contributed by atoms with E-state index in [1.807, 2.05) is 0 Å². The molecule has 3 saturated heterocycles. The summed E-state index contributed by atoms with van der Waals surface area (Å²) < 4.78 is 11.6. The van der Waals surface area contributed by atoms with E-state index in [9.17, 15) is 0 Å². The largest absolute Gasteiger partial charge is 0.346 e. The van der Waals surface area contributed by atoms with Crippen molar-refractivity contribution in [2.75, 3.05) is 20.3 Å². The normalized spacial score (nSPS) is 43.2. The second kappa shape index (κ2) is 2.69. The number of fused-ring (bicyclic) bond motifs is 3. The molecule has 1 spiro atoms. The van der Waals surface area contributed by atoms with Gasteiger partial charge in [-0.15, -0.1) is 0 Å². The highest BCUT2D eigenvalue weighted by atomic mass is 16.7. The first kappa shape index (κ1) is 8.21. The zero-order valence-corrected chi connectivity index (χ0v) is 8.16. The molecule has 0 amide bonds. The maximum Gasteiger partial charge on any atom is 0.184 e. The average Bonchev–Trinajstić information content (AvgIpc) is 2.63. The molecule has 0 aromatic heterocycles. The molecule has 0 saturated carbocycles. The maximum absolute atomic E-state index is 5.82. The zero-order valence-electron chi connectivity index (χ0n) is 8.16. The van der Waals surface area contributed by atoms with Crippen molar-refractivity contribution in [2.24, 2.45) is 0 Å². The average molecular weight is 183 g/mol. The van der Waals surface area contributed by atoms with E-state index in [2.05, 4.69) is 11.9 Å². The van der Waals surface area contributed by atoms with E-state index in [-0.39, 0.29) is 5.79 Å². The van der Waals surface area contributed by atoms with Crippen molar-refractivity contribution in [3.05, 3.63) is 0 Å². The first-order chi connectivity index (χ1) is 6.32. The molecule has 0 radical (unpaired) electrons. The van der Waals surface area contributed by atoms with Crippen LogP contribution in [0.25, 0.3) is 0 Å². The second-order valence-corrected chi connectivity index (χ2v) is 4.46. The first-order valence-corrected chi connectivity index (χ1v) is 5.32. The molecule has 3 aliphatic rings. The molecule has 3 heterocycles. The summed E-state index contributed by atoms with van der Waals surface area (Å²) in [5, 5.41) is 0. The Labute approximate surface area is 79.0 Å². The number of rotatable bonds is 0. The van der Waals surface area contributed by atoms with Crippen molar-refractivity contribution in [1.29, 1.82) is 0 Å². The van der Waals surface area contributed by atoms with Crippen LogP contribution in [0.2, 0.25) is 0 Å². The third kappa shape index (κ3) is 1.01. The Kier molecular flexibility index (Phi) is 1.70. The van der Waals surface area contributed by atoms with Gasteiger partial charge in [-0.2, -0.15) is 0 Å². The van der Waals surface area contributed by atoms with Crippen LogP contribution in [0.4, 0.5) is 0 Å². The van der Waals surface area contributed by atoms with Crippen molar-refractivity contribution >= 4 is 0 Å². The molecule has 2 atom stereocenters. The highest BCUT2D eigenvalue weighted by molar-refractivity contribution is 5.01. The molecule has 0 N–H and O–H groups in total. The van der Waals surface area contributed by atoms with Crippen LogP contribution >= 0.6 is 0 Å². The van der Waals surface area contributed by atoms with E-state index in [1.54, 1.807) is 0 Å². The van der Waals surface area contributed by atoms with Gasteiger partial charge in [0.05, 0.1) is 19.3 Å². The van der Waals surface area contributed by atoms with Crippen molar-refractivity contribution < 1.29 is 9.47 Å². The quantitative estimate of drug-likeness (QED) is 0.559. The van der Waals surface area contributed by atoms with Gasteiger partial charge in [0, 0.05) is 12.5 Å². The van der Waals surface area contributed by atoms with Gasteiger partial charge in [-0.05, 0) is 26.3 Å². The fraction of sp³-hybridized carbons (Fsp3) is 1.00. The van der Waals surface area contributed by atoms with Crippen molar-refractivity contribution in [3.63, 3.8) is 0 Å². The molecule has 0 unspecified atom stereocenters. The topological polar surface area (TPSA) is 21.7 Å². The van der Waals surface area contributed by atoms with Gasteiger partial charge in [-0.25, -0.2) is 0 Å². The predicted molar refractivity (Wildman–Crippen MR) is 48.4 cm³/mol. The van der Waals surface area contributed by atoms with Crippen molar-refractivity contribution in [2.45, 2.75) is 43.6 Å².